The zero-order valence-electron chi connectivity index (χ0n) is 14.9. The second-order valence-corrected chi connectivity index (χ2v) is 7.36. The zero-order valence-corrected chi connectivity index (χ0v) is 14.9. The van der Waals surface area contributed by atoms with Crippen molar-refractivity contribution in [1.82, 2.24) is 19.4 Å². The maximum Gasteiger partial charge on any atom is 0.146 e. The SMILES string of the molecule is c1ccc2c(c1)Cc1ccc3c(c1-2)c1ncccc1n1c2ccncc2nc31. The second kappa shape index (κ2) is 4.93. The van der Waals surface area contributed by atoms with Crippen LogP contribution >= 0.6 is 0 Å². The van der Waals surface area contributed by atoms with E-state index < -0.39 is 0 Å². The highest BCUT2D eigenvalue weighted by molar-refractivity contribution is 6.19. The molecule has 0 N–H and O–H groups in total. The molecule has 2 aromatic carbocycles. The Morgan fingerprint density at radius 2 is 1.79 bits per heavy atom. The van der Waals surface area contributed by atoms with Gasteiger partial charge in [-0.1, -0.05) is 36.4 Å². The van der Waals surface area contributed by atoms with E-state index in [0.717, 1.165) is 39.5 Å². The van der Waals surface area contributed by atoms with E-state index in [1.54, 1.807) is 0 Å². The number of aromatic nitrogens is 4. The van der Waals surface area contributed by atoms with Crippen LogP contribution in [0, 0.1) is 0 Å². The number of pyridine rings is 3. The van der Waals surface area contributed by atoms with Crippen molar-refractivity contribution in [1.29, 1.82) is 0 Å². The lowest BCUT2D eigenvalue weighted by molar-refractivity contribution is 1.26. The molecule has 0 saturated carbocycles. The van der Waals surface area contributed by atoms with Gasteiger partial charge in [0.15, 0.2) is 0 Å². The Morgan fingerprint density at radius 3 is 2.79 bits per heavy atom. The number of hydrogen-bond acceptors (Lipinski definition) is 3. The third-order valence-corrected chi connectivity index (χ3v) is 5.92. The molecule has 28 heavy (non-hydrogen) atoms. The average molecular weight is 358 g/mol. The predicted octanol–water partition coefficient (Wildman–Crippen LogP) is 5.16. The van der Waals surface area contributed by atoms with E-state index in [1.165, 1.54) is 27.6 Å². The summed E-state index contributed by atoms with van der Waals surface area (Å²) < 4.78 is 2.22. The molecular weight excluding hydrogens is 344 g/mol. The third kappa shape index (κ3) is 1.63. The van der Waals surface area contributed by atoms with E-state index in [0.29, 0.717) is 0 Å². The smallest absolute Gasteiger partial charge is 0.146 e. The number of benzene rings is 2. The van der Waals surface area contributed by atoms with Gasteiger partial charge in [-0.3, -0.25) is 14.4 Å². The van der Waals surface area contributed by atoms with E-state index in [9.17, 15) is 0 Å². The molecule has 0 spiro atoms. The van der Waals surface area contributed by atoms with Crippen molar-refractivity contribution in [3.63, 3.8) is 0 Å². The van der Waals surface area contributed by atoms with E-state index in [2.05, 4.69) is 51.8 Å². The van der Waals surface area contributed by atoms with Gasteiger partial charge in [0, 0.05) is 23.2 Å². The van der Waals surface area contributed by atoms with Crippen molar-refractivity contribution in [3.05, 3.63) is 84.3 Å². The fourth-order valence-corrected chi connectivity index (χ4v) is 4.78. The molecule has 0 amide bonds. The van der Waals surface area contributed by atoms with Crippen molar-refractivity contribution in [2.24, 2.45) is 0 Å². The molecule has 0 bridgehead atoms. The minimum Gasteiger partial charge on any atom is -0.290 e. The monoisotopic (exact) mass is 358 g/mol. The molecule has 4 nitrogen and oxygen atoms in total. The average Bonchev–Trinajstić information content (AvgIpc) is 3.32. The largest absolute Gasteiger partial charge is 0.290 e. The van der Waals surface area contributed by atoms with Gasteiger partial charge in [0.25, 0.3) is 0 Å². The molecule has 4 heterocycles. The first-order chi connectivity index (χ1) is 13.9. The van der Waals surface area contributed by atoms with E-state index >= 15 is 0 Å². The number of rotatable bonds is 0. The van der Waals surface area contributed by atoms with Gasteiger partial charge in [0.05, 0.1) is 22.7 Å². The summed E-state index contributed by atoms with van der Waals surface area (Å²) in [7, 11) is 0. The van der Waals surface area contributed by atoms with Gasteiger partial charge in [0.2, 0.25) is 0 Å². The number of hydrogen-bond donors (Lipinski definition) is 0. The van der Waals surface area contributed by atoms with E-state index in [-0.39, 0.29) is 0 Å². The summed E-state index contributed by atoms with van der Waals surface area (Å²) in [5, 5.41) is 2.34. The van der Waals surface area contributed by atoms with Crippen molar-refractivity contribution >= 4 is 38.5 Å². The molecule has 4 aromatic heterocycles. The van der Waals surface area contributed by atoms with Gasteiger partial charge in [-0.2, -0.15) is 0 Å². The minimum absolute atomic E-state index is 0.904. The van der Waals surface area contributed by atoms with Gasteiger partial charge in [-0.05, 0) is 46.9 Å². The molecule has 0 saturated heterocycles. The topological polar surface area (TPSA) is 43.1 Å². The predicted molar refractivity (Wildman–Crippen MR) is 112 cm³/mol. The zero-order chi connectivity index (χ0) is 18.2. The van der Waals surface area contributed by atoms with Gasteiger partial charge in [-0.15, -0.1) is 0 Å². The first-order valence-corrected chi connectivity index (χ1v) is 9.43. The van der Waals surface area contributed by atoms with Crippen molar-refractivity contribution in [2.45, 2.75) is 6.42 Å². The molecule has 130 valence electrons. The fourth-order valence-electron chi connectivity index (χ4n) is 4.78. The van der Waals surface area contributed by atoms with E-state index in [4.69, 9.17) is 9.97 Å². The summed E-state index contributed by atoms with van der Waals surface area (Å²) in [6, 6.07) is 19.3. The Labute approximate surface area is 160 Å². The normalized spacial score (nSPS) is 12.9. The molecular formula is C24H14N4. The molecule has 0 radical (unpaired) electrons. The van der Waals surface area contributed by atoms with Gasteiger partial charge >= 0.3 is 0 Å². The van der Waals surface area contributed by atoms with Crippen LogP contribution in [0.3, 0.4) is 0 Å². The van der Waals surface area contributed by atoms with Crippen LogP contribution in [0.2, 0.25) is 0 Å². The molecule has 1 aliphatic carbocycles. The van der Waals surface area contributed by atoms with Crippen molar-refractivity contribution < 1.29 is 0 Å². The van der Waals surface area contributed by atoms with Gasteiger partial charge in [-0.25, -0.2) is 4.98 Å². The highest BCUT2D eigenvalue weighted by Gasteiger charge is 2.24. The molecule has 6 aromatic rings. The molecule has 1 aliphatic rings. The Bertz CT molecular complexity index is 1590. The maximum absolute atomic E-state index is 4.95. The number of nitrogens with zero attached hydrogens (tertiary/aromatic N) is 4. The standard InChI is InChI=1S/C24H14N4/c1-2-5-16-14(4-1)12-15-7-8-17-22(21(15)16)23-20(6-3-10-26-23)28-19-9-11-25-13-18(19)27-24(17)28/h1-11,13H,12H2. The second-order valence-electron chi connectivity index (χ2n) is 7.36. The van der Waals surface area contributed by atoms with Crippen molar-refractivity contribution in [3.8, 4) is 11.1 Å². The van der Waals surface area contributed by atoms with Crippen LogP contribution < -0.4 is 0 Å². The molecule has 0 fully saturated rings. The number of imidazole rings is 1. The fraction of sp³-hybridized carbons (Fsp3) is 0.0417. The lowest BCUT2D eigenvalue weighted by Gasteiger charge is -2.12. The number of fused-ring (bicyclic) bond motifs is 12. The Balaban J connectivity index is 1.82. The third-order valence-electron chi connectivity index (χ3n) is 5.92. The molecule has 0 atom stereocenters. The summed E-state index contributed by atoms with van der Waals surface area (Å²) in [5.41, 5.74) is 10.4. The van der Waals surface area contributed by atoms with E-state index in [1.807, 2.05) is 30.7 Å². The minimum atomic E-state index is 0.904. The Kier molecular flexibility index (Phi) is 2.51. The van der Waals surface area contributed by atoms with Crippen LogP contribution in [-0.4, -0.2) is 19.4 Å². The van der Waals surface area contributed by atoms with Crippen LogP contribution in [0.15, 0.2) is 73.2 Å². The Hall–Kier alpha value is -3.79. The lowest BCUT2D eigenvalue weighted by atomic mass is 9.97. The highest BCUT2D eigenvalue weighted by atomic mass is 15.0. The van der Waals surface area contributed by atoms with Crippen LogP contribution in [0.5, 0.6) is 0 Å². The summed E-state index contributed by atoms with van der Waals surface area (Å²) in [6.45, 7) is 0. The van der Waals surface area contributed by atoms with Crippen LogP contribution in [0.25, 0.3) is 49.6 Å². The molecule has 4 heteroatoms. The summed E-state index contributed by atoms with van der Waals surface area (Å²) in [5.74, 6) is 0. The molecule has 7 rings (SSSR count). The first kappa shape index (κ1) is 14.3. The van der Waals surface area contributed by atoms with Crippen molar-refractivity contribution in [2.75, 3.05) is 0 Å². The van der Waals surface area contributed by atoms with Crippen LogP contribution in [0.4, 0.5) is 0 Å². The quantitative estimate of drug-likeness (QED) is 0.352. The van der Waals surface area contributed by atoms with Crippen LogP contribution in [-0.2, 0) is 6.42 Å². The summed E-state index contributed by atoms with van der Waals surface area (Å²) in [4.78, 5) is 14.0. The van der Waals surface area contributed by atoms with Gasteiger partial charge < -0.3 is 0 Å². The van der Waals surface area contributed by atoms with Gasteiger partial charge in [0.1, 0.15) is 11.2 Å². The maximum atomic E-state index is 4.95. The summed E-state index contributed by atoms with van der Waals surface area (Å²) in [6.07, 6.45) is 6.51. The Morgan fingerprint density at radius 1 is 0.821 bits per heavy atom. The summed E-state index contributed by atoms with van der Waals surface area (Å²) >= 11 is 0. The highest BCUT2D eigenvalue weighted by Crippen LogP contribution is 2.44. The molecule has 0 unspecified atom stereocenters. The van der Waals surface area contributed by atoms with Crippen LogP contribution in [0.1, 0.15) is 11.1 Å². The first-order valence-electron chi connectivity index (χ1n) is 9.43. The lowest BCUT2D eigenvalue weighted by Crippen LogP contribution is -1.95. The molecule has 0 aliphatic heterocycles.